The largest absolute Gasteiger partial charge is 0.310 e. The maximum absolute atomic E-state index is 4.02. The van der Waals surface area contributed by atoms with E-state index in [9.17, 15) is 0 Å². The van der Waals surface area contributed by atoms with Gasteiger partial charge in [-0.3, -0.25) is 0 Å². The summed E-state index contributed by atoms with van der Waals surface area (Å²) >= 11 is 1.89. The number of rotatable bonds is 9. The summed E-state index contributed by atoms with van der Waals surface area (Å²) in [4.78, 5) is 0. The average Bonchev–Trinajstić information content (AvgIpc) is 2.73. The van der Waals surface area contributed by atoms with Crippen LogP contribution in [0.15, 0.2) is 0 Å². The highest BCUT2D eigenvalue weighted by Gasteiger charge is 2.04. The number of aryl methyl sites for hydroxylation is 1. The lowest BCUT2D eigenvalue weighted by Crippen LogP contribution is -2.18. The zero-order chi connectivity index (χ0) is 11.6. The number of hydrogen-bond donors (Lipinski definition) is 1. The lowest BCUT2D eigenvalue weighted by atomic mass is 10.3. The van der Waals surface area contributed by atoms with Crippen LogP contribution in [-0.2, 0) is 13.1 Å². The summed E-state index contributed by atoms with van der Waals surface area (Å²) in [6.45, 7) is 4.86. The Labute approximate surface area is 101 Å². The molecule has 1 N–H and O–H groups in total. The van der Waals surface area contributed by atoms with Gasteiger partial charge in [0.2, 0.25) is 0 Å². The molecule has 5 nitrogen and oxygen atoms in total. The summed E-state index contributed by atoms with van der Waals surface area (Å²) < 4.78 is 1.91. The summed E-state index contributed by atoms with van der Waals surface area (Å²) in [5, 5.41) is 15.1. The number of nitrogens with zero attached hydrogens (tertiary/aromatic N) is 4. The molecule has 92 valence electrons. The first-order valence-corrected chi connectivity index (χ1v) is 7.22. The van der Waals surface area contributed by atoms with E-state index in [1.54, 1.807) is 0 Å². The van der Waals surface area contributed by atoms with Crippen molar-refractivity contribution in [1.82, 2.24) is 25.5 Å². The van der Waals surface area contributed by atoms with Crippen molar-refractivity contribution in [3.63, 3.8) is 0 Å². The molecule has 6 heteroatoms. The SMILES string of the molecule is CCCNCc1nnnn1CCCCSC. The van der Waals surface area contributed by atoms with Gasteiger partial charge in [-0.2, -0.15) is 11.8 Å². The summed E-state index contributed by atoms with van der Waals surface area (Å²) in [5.74, 6) is 2.16. The zero-order valence-electron chi connectivity index (χ0n) is 10.1. The first-order valence-electron chi connectivity index (χ1n) is 5.83. The van der Waals surface area contributed by atoms with Gasteiger partial charge < -0.3 is 5.32 Å². The second-order valence-electron chi connectivity index (χ2n) is 3.69. The molecule has 1 heterocycles. The molecule has 0 radical (unpaired) electrons. The van der Waals surface area contributed by atoms with Gasteiger partial charge in [0.1, 0.15) is 0 Å². The lowest BCUT2D eigenvalue weighted by Gasteiger charge is -2.04. The fraction of sp³-hybridized carbons (Fsp3) is 0.900. The van der Waals surface area contributed by atoms with Crippen LogP contribution in [0.4, 0.5) is 0 Å². The third kappa shape index (κ3) is 4.94. The van der Waals surface area contributed by atoms with E-state index in [-0.39, 0.29) is 0 Å². The first kappa shape index (κ1) is 13.4. The van der Waals surface area contributed by atoms with Crippen LogP contribution < -0.4 is 5.32 Å². The van der Waals surface area contributed by atoms with Crippen molar-refractivity contribution in [2.75, 3.05) is 18.6 Å². The van der Waals surface area contributed by atoms with Gasteiger partial charge in [0, 0.05) is 6.54 Å². The molecule has 16 heavy (non-hydrogen) atoms. The van der Waals surface area contributed by atoms with Crippen LogP contribution in [0.1, 0.15) is 32.0 Å². The van der Waals surface area contributed by atoms with Crippen LogP contribution in [0.5, 0.6) is 0 Å². The van der Waals surface area contributed by atoms with Crippen LogP contribution in [0, 0.1) is 0 Å². The highest BCUT2D eigenvalue weighted by Crippen LogP contribution is 2.02. The zero-order valence-corrected chi connectivity index (χ0v) is 11.0. The molecule has 1 rings (SSSR count). The molecular weight excluding hydrogens is 222 g/mol. The third-order valence-corrected chi connectivity index (χ3v) is 2.98. The van der Waals surface area contributed by atoms with E-state index in [1.165, 1.54) is 12.2 Å². The molecule has 1 aromatic heterocycles. The van der Waals surface area contributed by atoms with Crippen molar-refractivity contribution in [3.8, 4) is 0 Å². The third-order valence-electron chi connectivity index (χ3n) is 2.28. The summed E-state index contributed by atoms with van der Waals surface area (Å²) in [7, 11) is 0. The smallest absolute Gasteiger partial charge is 0.165 e. The quantitative estimate of drug-likeness (QED) is 0.663. The van der Waals surface area contributed by atoms with Crippen molar-refractivity contribution < 1.29 is 0 Å². The van der Waals surface area contributed by atoms with Gasteiger partial charge >= 0.3 is 0 Å². The van der Waals surface area contributed by atoms with Crippen molar-refractivity contribution >= 4 is 11.8 Å². The Balaban J connectivity index is 2.26. The molecule has 0 amide bonds. The molecule has 0 aliphatic rings. The predicted molar refractivity (Wildman–Crippen MR) is 67.4 cm³/mol. The van der Waals surface area contributed by atoms with Crippen molar-refractivity contribution in [2.24, 2.45) is 0 Å². The molecule has 0 aliphatic heterocycles. The van der Waals surface area contributed by atoms with Crippen LogP contribution in [-0.4, -0.2) is 38.8 Å². The Morgan fingerprint density at radius 2 is 2.25 bits per heavy atom. The maximum Gasteiger partial charge on any atom is 0.165 e. The fourth-order valence-corrected chi connectivity index (χ4v) is 1.90. The molecule has 0 aromatic carbocycles. The number of tetrazole rings is 1. The van der Waals surface area contributed by atoms with Gasteiger partial charge in [-0.25, -0.2) is 4.68 Å². The second kappa shape index (κ2) is 8.52. The van der Waals surface area contributed by atoms with E-state index in [0.717, 1.165) is 38.3 Å². The van der Waals surface area contributed by atoms with Gasteiger partial charge in [-0.15, -0.1) is 5.10 Å². The summed E-state index contributed by atoms with van der Waals surface area (Å²) in [5.41, 5.74) is 0. The highest BCUT2D eigenvalue weighted by atomic mass is 32.2. The van der Waals surface area contributed by atoms with Crippen LogP contribution >= 0.6 is 11.8 Å². The maximum atomic E-state index is 4.02. The Hall–Kier alpha value is -0.620. The van der Waals surface area contributed by atoms with Gasteiger partial charge in [0.25, 0.3) is 0 Å². The standard InChI is InChI=1S/C10H21N5S/c1-3-6-11-9-10-12-13-14-15(10)7-4-5-8-16-2/h11H,3-9H2,1-2H3. The van der Waals surface area contributed by atoms with Gasteiger partial charge in [-0.1, -0.05) is 6.92 Å². The first-order chi connectivity index (χ1) is 7.88. The highest BCUT2D eigenvalue weighted by molar-refractivity contribution is 7.98. The Kier molecular flexibility index (Phi) is 7.16. The second-order valence-corrected chi connectivity index (χ2v) is 4.68. The minimum atomic E-state index is 0.767. The Bertz CT molecular complexity index is 276. The monoisotopic (exact) mass is 243 g/mol. The van der Waals surface area contributed by atoms with Crippen molar-refractivity contribution in [3.05, 3.63) is 5.82 Å². The molecule has 0 bridgehead atoms. The van der Waals surface area contributed by atoms with Crippen LogP contribution in [0.25, 0.3) is 0 Å². The van der Waals surface area contributed by atoms with E-state index < -0.39 is 0 Å². The number of nitrogens with one attached hydrogen (secondary N) is 1. The van der Waals surface area contributed by atoms with Crippen molar-refractivity contribution in [2.45, 2.75) is 39.3 Å². The lowest BCUT2D eigenvalue weighted by molar-refractivity contribution is 0.518. The van der Waals surface area contributed by atoms with Gasteiger partial charge in [0.05, 0.1) is 6.54 Å². The van der Waals surface area contributed by atoms with Crippen LogP contribution in [0.2, 0.25) is 0 Å². The number of unbranched alkanes of at least 4 members (excludes halogenated alkanes) is 1. The molecule has 0 unspecified atom stereocenters. The topological polar surface area (TPSA) is 55.6 Å². The Morgan fingerprint density at radius 3 is 3.00 bits per heavy atom. The summed E-state index contributed by atoms with van der Waals surface area (Å²) in [6.07, 6.45) is 5.64. The number of aromatic nitrogens is 4. The average molecular weight is 243 g/mol. The minimum absolute atomic E-state index is 0.767. The van der Waals surface area contributed by atoms with Crippen LogP contribution in [0.3, 0.4) is 0 Å². The van der Waals surface area contributed by atoms with E-state index in [4.69, 9.17) is 0 Å². The molecular formula is C10H21N5S. The van der Waals surface area contributed by atoms with E-state index in [0.29, 0.717) is 0 Å². The molecule has 0 spiro atoms. The molecule has 1 aromatic rings. The van der Waals surface area contributed by atoms with Crippen molar-refractivity contribution in [1.29, 1.82) is 0 Å². The molecule has 0 saturated heterocycles. The normalized spacial score (nSPS) is 10.9. The van der Waals surface area contributed by atoms with Gasteiger partial charge in [0.15, 0.2) is 5.82 Å². The fourth-order valence-electron chi connectivity index (χ4n) is 1.41. The van der Waals surface area contributed by atoms with E-state index >= 15 is 0 Å². The molecule has 0 aliphatic carbocycles. The summed E-state index contributed by atoms with van der Waals surface area (Å²) in [6, 6.07) is 0. The predicted octanol–water partition coefficient (Wildman–Crippen LogP) is 1.32. The molecule has 0 fully saturated rings. The van der Waals surface area contributed by atoms with E-state index in [2.05, 4.69) is 34.0 Å². The molecule has 0 saturated carbocycles. The Morgan fingerprint density at radius 1 is 1.38 bits per heavy atom. The number of hydrogen-bond acceptors (Lipinski definition) is 5. The number of thioether (sulfide) groups is 1. The molecule has 0 atom stereocenters. The van der Waals surface area contributed by atoms with E-state index in [1.807, 2.05) is 16.4 Å². The van der Waals surface area contributed by atoms with Gasteiger partial charge in [-0.05, 0) is 48.2 Å². The minimum Gasteiger partial charge on any atom is -0.310 e.